The Bertz CT molecular complexity index is 468. The maximum Gasteiger partial charge on any atom is 0.132 e. The van der Waals surface area contributed by atoms with Crippen LogP contribution in [0.2, 0.25) is 0 Å². The van der Waals surface area contributed by atoms with Crippen molar-refractivity contribution in [3.05, 3.63) is 18.1 Å². The molecule has 0 aliphatic carbocycles. The average Bonchev–Trinajstić information content (AvgIpc) is 2.88. The molecule has 22 heavy (non-hydrogen) atoms. The molecule has 1 aliphatic rings. The van der Waals surface area contributed by atoms with Gasteiger partial charge in [-0.2, -0.15) is 0 Å². The van der Waals surface area contributed by atoms with Gasteiger partial charge < -0.3 is 19.8 Å². The summed E-state index contributed by atoms with van der Waals surface area (Å²) in [4.78, 5) is 15.4. The van der Waals surface area contributed by atoms with Crippen molar-refractivity contribution in [1.29, 1.82) is 0 Å². The van der Waals surface area contributed by atoms with Crippen LogP contribution in [0.15, 0.2) is 12.4 Å². The second-order valence-corrected chi connectivity index (χ2v) is 6.69. The van der Waals surface area contributed by atoms with Crippen LogP contribution < -0.4 is 4.90 Å². The second kappa shape index (κ2) is 7.85. The van der Waals surface area contributed by atoms with Gasteiger partial charge in [0.25, 0.3) is 0 Å². The predicted octanol–water partition coefficient (Wildman–Crippen LogP) is 0.323. The predicted molar refractivity (Wildman–Crippen MR) is 89.1 cm³/mol. The van der Waals surface area contributed by atoms with Gasteiger partial charge in [0.15, 0.2) is 0 Å². The smallest absolute Gasteiger partial charge is 0.132 e. The lowest BCUT2D eigenvalue weighted by molar-refractivity contribution is 0.171. The molecule has 1 fully saturated rings. The van der Waals surface area contributed by atoms with E-state index in [-0.39, 0.29) is 6.61 Å². The number of aliphatic hydroxyl groups is 1. The van der Waals surface area contributed by atoms with Crippen LogP contribution in [0.25, 0.3) is 0 Å². The van der Waals surface area contributed by atoms with Crippen molar-refractivity contribution < 1.29 is 5.11 Å². The molecule has 0 unspecified atom stereocenters. The van der Waals surface area contributed by atoms with Crippen LogP contribution >= 0.6 is 0 Å². The van der Waals surface area contributed by atoms with Gasteiger partial charge in [-0.3, -0.25) is 0 Å². The number of anilines is 1. The number of likely N-dealkylation sites (N-methyl/N-ethyl adjacent to an activating group) is 2. The standard InChI is InChI=1S/C16H29N5O/c1-13-7-16(18-12-17-13)21-9-14(15(10-21)11-22)8-20(4)6-5-19(2)3/h7,12,14-15,22H,5-6,8-11H2,1-4H3/t14-,15-/m1/s1. The zero-order chi connectivity index (χ0) is 16.1. The molecular formula is C16H29N5O. The Morgan fingerprint density at radius 1 is 1.18 bits per heavy atom. The van der Waals surface area contributed by atoms with Crippen molar-refractivity contribution in [2.24, 2.45) is 11.8 Å². The van der Waals surface area contributed by atoms with E-state index in [4.69, 9.17) is 0 Å². The highest BCUT2D eigenvalue weighted by Crippen LogP contribution is 2.27. The summed E-state index contributed by atoms with van der Waals surface area (Å²) in [5.41, 5.74) is 0.983. The fraction of sp³-hybridized carbons (Fsp3) is 0.750. The Kier molecular flexibility index (Phi) is 6.11. The molecule has 2 rings (SSSR count). The van der Waals surface area contributed by atoms with E-state index in [9.17, 15) is 5.11 Å². The molecule has 1 N–H and O–H groups in total. The quantitative estimate of drug-likeness (QED) is 0.783. The molecule has 2 atom stereocenters. The molecule has 0 amide bonds. The lowest BCUT2D eigenvalue weighted by Crippen LogP contribution is -2.35. The lowest BCUT2D eigenvalue weighted by atomic mass is 9.96. The first-order valence-corrected chi connectivity index (χ1v) is 7.97. The molecule has 1 aliphatic heterocycles. The maximum absolute atomic E-state index is 9.70. The van der Waals surface area contributed by atoms with Crippen molar-refractivity contribution >= 4 is 5.82 Å². The minimum absolute atomic E-state index is 0.243. The van der Waals surface area contributed by atoms with Gasteiger partial charge in [-0.1, -0.05) is 0 Å². The van der Waals surface area contributed by atoms with Crippen LogP contribution in [0, 0.1) is 18.8 Å². The maximum atomic E-state index is 9.70. The zero-order valence-corrected chi connectivity index (χ0v) is 14.2. The summed E-state index contributed by atoms with van der Waals surface area (Å²) in [5.74, 6) is 1.77. The molecule has 0 aromatic carbocycles. The van der Waals surface area contributed by atoms with Gasteiger partial charge in [0.05, 0.1) is 0 Å². The number of rotatable bonds is 7. The van der Waals surface area contributed by atoms with Gasteiger partial charge in [-0.05, 0) is 34.0 Å². The minimum atomic E-state index is 0.243. The third-order valence-electron chi connectivity index (χ3n) is 4.40. The SMILES string of the molecule is Cc1cc(N2C[C@@H](CN(C)CCN(C)C)[C@@H](CO)C2)ncn1. The summed E-state index contributed by atoms with van der Waals surface area (Å²) >= 11 is 0. The van der Waals surface area contributed by atoms with E-state index >= 15 is 0 Å². The Morgan fingerprint density at radius 3 is 2.55 bits per heavy atom. The van der Waals surface area contributed by atoms with E-state index in [1.54, 1.807) is 6.33 Å². The van der Waals surface area contributed by atoms with E-state index in [0.29, 0.717) is 11.8 Å². The molecule has 0 bridgehead atoms. The lowest BCUT2D eigenvalue weighted by Gasteiger charge is -2.25. The minimum Gasteiger partial charge on any atom is -0.396 e. The highest BCUT2D eigenvalue weighted by atomic mass is 16.3. The van der Waals surface area contributed by atoms with Crippen molar-refractivity contribution in [2.45, 2.75) is 6.92 Å². The summed E-state index contributed by atoms with van der Waals surface area (Å²) in [5, 5.41) is 9.70. The molecule has 1 aromatic rings. The fourth-order valence-electron chi connectivity index (χ4n) is 3.02. The number of nitrogens with zero attached hydrogens (tertiary/aromatic N) is 5. The number of hydrogen-bond acceptors (Lipinski definition) is 6. The molecule has 6 heteroatoms. The van der Waals surface area contributed by atoms with Crippen molar-refractivity contribution in [1.82, 2.24) is 19.8 Å². The Balaban J connectivity index is 1.94. The van der Waals surface area contributed by atoms with E-state index in [1.165, 1.54) is 0 Å². The Morgan fingerprint density at radius 2 is 1.91 bits per heavy atom. The molecule has 1 aromatic heterocycles. The molecular weight excluding hydrogens is 278 g/mol. The van der Waals surface area contributed by atoms with Gasteiger partial charge in [0.2, 0.25) is 0 Å². The zero-order valence-electron chi connectivity index (χ0n) is 14.2. The van der Waals surface area contributed by atoms with E-state index in [2.05, 4.69) is 45.8 Å². The molecule has 2 heterocycles. The molecule has 1 saturated heterocycles. The number of aromatic nitrogens is 2. The number of aryl methyl sites for hydroxylation is 1. The average molecular weight is 307 g/mol. The van der Waals surface area contributed by atoms with Crippen molar-refractivity contribution in [3.8, 4) is 0 Å². The number of hydrogen-bond donors (Lipinski definition) is 1. The molecule has 124 valence electrons. The summed E-state index contributed by atoms with van der Waals surface area (Å²) < 4.78 is 0. The first-order valence-electron chi connectivity index (χ1n) is 7.97. The van der Waals surface area contributed by atoms with Gasteiger partial charge >= 0.3 is 0 Å². The fourth-order valence-corrected chi connectivity index (χ4v) is 3.02. The first-order chi connectivity index (χ1) is 10.5. The summed E-state index contributed by atoms with van der Waals surface area (Å²) in [6, 6.07) is 2.02. The van der Waals surface area contributed by atoms with Gasteiger partial charge in [0.1, 0.15) is 12.1 Å². The van der Waals surface area contributed by atoms with Crippen LogP contribution in [-0.2, 0) is 0 Å². The van der Waals surface area contributed by atoms with Crippen LogP contribution in [0.5, 0.6) is 0 Å². The normalized spacial score (nSPS) is 22.0. The molecule has 6 nitrogen and oxygen atoms in total. The van der Waals surface area contributed by atoms with Crippen LogP contribution in [0.1, 0.15) is 5.69 Å². The summed E-state index contributed by atoms with van der Waals surface area (Å²) in [7, 11) is 6.35. The topological polar surface area (TPSA) is 55.7 Å². The third-order valence-corrected chi connectivity index (χ3v) is 4.40. The van der Waals surface area contributed by atoms with Crippen LogP contribution in [0.4, 0.5) is 5.82 Å². The third kappa shape index (κ3) is 4.63. The number of aliphatic hydroxyl groups excluding tert-OH is 1. The van der Waals surface area contributed by atoms with Gasteiger partial charge in [-0.25, -0.2) is 9.97 Å². The Hall–Kier alpha value is -1.24. The van der Waals surface area contributed by atoms with E-state index < -0.39 is 0 Å². The van der Waals surface area contributed by atoms with Crippen molar-refractivity contribution in [2.75, 3.05) is 65.4 Å². The summed E-state index contributed by atoms with van der Waals surface area (Å²) in [6.07, 6.45) is 1.62. The van der Waals surface area contributed by atoms with Crippen LogP contribution in [0.3, 0.4) is 0 Å². The summed E-state index contributed by atoms with van der Waals surface area (Å²) in [6.45, 7) is 7.17. The van der Waals surface area contributed by atoms with Crippen molar-refractivity contribution in [3.63, 3.8) is 0 Å². The van der Waals surface area contributed by atoms with Gasteiger partial charge in [-0.15, -0.1) is 0 Å². The van der Waals surface area contributed by atoms with Gasteiger partial charge in [0, 0.05) is 57.0 Å². The molecule has 0 saturated carbocycles. The molecule has 0 radical (unpaired) electrons. The highest BCUT2D eigenvalue weighted by Gasteiger charge is 2.33. The monoisotopic (exact) mass is 307 g/mol. The van der Waals surface area contributed by atoms with E-state index in [1.807, 2.05) is 13.0 Å². The van der Waals surface area contributed by atoms with Crippen LogP contribution in [-0.4, -0.2) is 85.3 Å². The molecule has 0 spiro atoms. The van der Waals surface area contributed by atoms with E-state index in [0.717, 1.165) is 44.2 Å². The second-order valence-electron chi connectivity index (χ2n) is 6.69. The highest BCUT2D eigenvalue weighted by molar-refractivity contribution is 5.40. The Labute approximate surface area is 133 Å². The largest absolute Gasteiger partial charge is 0.396 e. The first kappa shape index (κ1) is 17.1.